The molecule has 5 heteroatoms. The fraction of sp³-hybridized carbons (Fsp3) is 0.100. The molecule has 0 spiro atoms. The number of pyridine rings is 2. The van der Waals surface area contributed by atoms with E-state index < -0.39 is 0 Å². The number of H-pyrrole nitrogens is 1. The van der Waals surface area contributed by atoms with E-state index in [2.05, 4.69) is 20.3 Å². The first-order valence-electron chi connectivity index (χ1n) is 8.07. The van der Waals surface area contributed by atoms with Gasteiger partial charge in [-0.3, -0.25) is 9.97 Å². The Labute approximate surface area is 145 Å². The molecule has 0 fully saturated rings. The van der Waals surface area contributed by atoms with Crippen molar-refractivity contribution in [1.29, 1.82) is 0 Å². The van der Waals surface area contributed by atoms with Gasteiger partial charge in [-0.15, -0.1) is 0 Å². The van der Waals surface area contributed by atoms with E-state index in [1.165, 1.54) is 0 Å². The zero-order valence-corrected chi connectivity index (χ0v) is 13.8. The molecule has 25 heavy (non-hydrogen) atoms. The highest BCUT2D eigenvalue weighted by Gasteiger charge is 2.19. The molecule has 1 unspecified atom stereocenters. The molecule has 4 rings (SSSR count). The van der Waals surface area contributed by atoms with Crippen LogP contribution in [-0.2, 0) is 0 Å². The van der Waals surface area contributed by atoms with Crippen LogP contribution in [0.3, 0.4) is 0 Å². The van der Waals surface area contributed by atoms with Crippen LogP contribution in [0.1, 0.15) is 17.3 Å². The zero-order valence-electron chi connectivity index (χ0n) is 13.8. The Morgan fingerprint density at radius 3 is 2.80 bits per heavy atom. The Morgan fingerprint density at radius 1 is 1.08 bits per heavy atom. The van der Waals surface area contributed by atoms with E-state index in [0.717, 1.165) is 33.6 Å². The fourth-order valence-electron chi connectivity index (χ4n) is 2.96. The average molecular weight is 330 g/mol. The summed E-state index contributed by atoms with van der Waals surface area (Å²) in [5, 5.41) is 4.64. The molecular formula is C20H18N4O. The first-order valence-corrected chi connectivity index (χ1v) is 8.07. The molecule has 0 aliphatic rings. The topological polar surface area (TPSA) is 62.8 Å². The third-order valence-corrected chi connectivity index (χ3v) is 4.19. The summed E-state index contributed by atoms with van der Waals surface area (Å²) in [6.07, 6.45) is 7.40. The van der Waals surface area contributed by atoms with E-state index in [-0.39, 0.29) is 6.04 Å². The van der Waals surface area contributed by atoms with Crippen LogP contribution in [0.5, 0.6) is 5.75 Å². The summed E-state index contributed by atoms with van der Waals surface area (Å²) in [7, 11) is 1.68. The largest absolute Gasteiger partial charge is 0.497 e. The molecule has 3 heterocycles. The fourth-order valence-corrected chi connectivity index (χ4v) is 2.96. The minimum atomic E-state index is -0.105. The van der Waals surface area contributed by atoms with Crippen molar-refractivity contribution < 1.29 is 4.74 Å². The number of benzene rings is 1. The third-order valence-electron chi connectivity index (χ3n) is 4.19. The summed E-state index contributed by atoms with van der Waals surface area (Å²) in [5.74, 6) is 0.828. The number of anilines is 1. The van der Waals surface area contributed by atoms with Crippen molar-refractivity contribution >= 4 is 16.6 Å². The van der Waals surface area contributed by atoms with Gasteiger partial charge in [0.1, 0.15) is 5.75 Å². The number of hydrogen-bond acceptors (Lipinski definition) is 4. The van der Waals surface area contributed by atoms with Crippen molar-refractivity contribution in [3.8, 4) is 5.75 Å². The van der Waals surface area contributed by atoms with Gasteiger partial charge in [0, 0.05) is 41.3 Å². The highest BCUT2D eigenvalue weighted by atomic mass is 16.5. The number of nitrogens with one attached hydrogen (secondary N) is 2. The monoisotopic (exact) mass is 330 g/mol. The Bertz CT molecular complexity index is 967. The highest BCUT2D eigenvalue weighted by molar-refractivity contribution is 5.86. The highest BCUT2D eigenvalue weighted by Crippen LogP contribution is 2.32. The molecule has 5 nitrogen and oxygen atoms in total. The Kier molecular flexibility index (Phi) is 4.04. The molecule has 0 saturated carbocycles. The normalized spacial score (nSPS) is 12.0. The van der Waals surface area contributed by atoms with Crippen LogP contribution in [0.4, 0.5) is 5.69 Å². The van der Waals surface area contributed by atoms with Gasteiger partial charge in [0.05, 0.1) is 24.5 Å². The van der Waals surface area contributed by atoms with Crippen LogP contribution in [0.15, 0.2) is 73.3 Å². The number of nitrogens with zero attached hydrogens (tertiary/aromatic N) is 2. The summed E-state index contributed by atoms with van der Waals surface area (Å²) in [5.41, 5.74) is 4.05. The minimum Gasteiger partial charge on any atom is -0.497 e. The summed E-state index contributed by atoms with van der Waals surface area (Å²) >= 11 is 0. The van der Waals surface area contributed by atoms with Crippen LogP contribution in [-0.4, -0.2) is 22.1 Å². The molecule has 2 N–H and O–H groups in total. The molecule has 4 aromatic rings. The number of fused-ring (bicyclic) bond motifs is 1. The molecule has 1 atom stereocenters. The molecule has 0 saturated heterocycles. The standard InChI is InChI=1S/C20H18N4O/c1-25-15-7-8-18-16(11-15)17(13-23-18)20(19-6-2-3-10-22-19)24-14-5-4-9-21-12-14/h2-13,20,23-24H,1H3. The maximum atomic E-state index is 5.39. The number of methoxy groups -OCH3 is 1. The number of hydrogen-bond donors (Lipinski definition) is 2. The Hall–Kier alpha value is -3.34. The molecule has 3 aromatic heterocycles. The third kappa shape index (κ3) is 3.04. The first kappa shape index (κ1) is 15.2. The Balaban J connectivity index is 1.83. The lowest BCUT2D eigenvalue weighted by atomic mass is 10.0. The van der Waals surface area contributed by atoms with Gasteiger partial charge in [-0.05, 0) is 42.5 Å². The maximum Gasteiger partial charge on any atom is 0.119 e. The van der Waals surface area contributed by atoms with Gasteiger partial charge in [0.15, 0.2) is 0 Å². The van der Waals surface area contributed by atoms with Gasteiger partial charge < -0.3 is 15.0 Å². The van der Waals surface area contributed by atoms with E-state index in [1.54, 1.807) is 13.3 Å². The van der Waals surface area contributed by atoms with Crippen molar-refractivity contribution in [3.05, 3.63) is 84.6 Å². The van der Waals surface area contributed by atoms with Gasteiger partial charge in [-0.1, -0.05) is 6.07 Å². The number of aromatic nitrogens is 3. The smallest absolute Gasteiger partial charge is 0.119 e. The predicted octanol–water partition coefficient (Wildman–Crippen LogP) is 4.17. The Morgan fingerprint density at radius 2 is 2.04 bits per heavy atom. The van der Waals surface area contributed by atoms with E-state index in [1.807, 2.05) is 67.1 Å². The van der Waals surface area contributed by atoms with Gasteiger partial charge in [0.25, 0.3) is 0 Å². The first-order chi connectivity index (χ1) is 12.3. The van der Waals surface area contributed by atoms with Crippen molar-refractivity contribution in [3.63, 3.8) is 0 Å². The number of ether oxygens (including phenoxy) is 1. The van der Waals surface area contributed by atoms with E-state index in [0.29, 0.717) is 0 Å². The van der Waals surface area contributed by atoms with Gasteiger partial charge in [0.2, 0.25) is 0 Å². The van der Waals surface area contributed by atoms with E-state index in [4.69, 9.17) is 4.74 Å². The van der Waals surface area contributed by atoms with Gasteiger partial charge in [-0.25, -0.2) is 0 Å². The van der Waals surface area contributed by atoms with Crippen molar-refractivity contribution in [2.45, 2.75) is 6.04 Å². The second-order valence-electron chi connectivity index (χ2n) is 5.73. The molecule has 0 radical (unpaired) electrons. The summed E-state index contributed by atoms with van der Waals surface area (Å²) in [4.78, 5) is 12.1. The van der Waals surface area contributed by atoms with E-state index in [9.17, 15) is 0 Å². The lowest BCUT2D eigenvalue weighted by molar-refractivity contribution is 0.415. The molecule has 124 valence electrons. The second-order valence-corrected chi connectivity index (χ2v) is 5.73. The van der Waals surface area contributed by atoms with Crippen molar-refractivity contribution in [1.82, 2.24) is 15.0 Å². The predicted molar refractivity (Wildman–Crippen MR) is 98.8 cm³/mol. The van der Waals surface area contributed by atoms with Gasteiger partial charge >= 0.3 is 0 Å². The zero-order chi connectivity index (χ0) is 17.1. The van der Waals surface area contributed by atoms with Crippen LogP contribution in [0.2, 0.25) is 0 Å². The van der Waals surface area contributed by atoms with Crippen molar-refractivity contribution in [2.75, 3.05) is 12.4 Å². The summed E-state index contributed by atoms with van der Waals surface area (Å²) < 4.78 is 5.39. The minimum absolute atomic E-state index is 0.105. The lowest BCUT2D eigenvalue weighted by Gasteiger charge is -2.19. The summed E-state index contributed by atoms with van der Waals surface area (Å²) in [6, 6.07) is 15.8. The molecule has 1 aromatic carbocycles. The van der Waals surface area contributed by atoms with Crippen LogP contribution < -0.4 is 10.1 Å². The quantitative estimate of drug-likeness (QED) is 0.576. The van der Waals surface area contributed by atoms with Crippen LogP contribution >= 0.6 is 0 Å². The number of aromatic amines is 1. The van der Waals surface area contributed by atoms with Crippen LogP contribution in [0.25, 0.3) is 10.9 Å². The molecule has 0 amide bonds. The SMILES string of the molecule is COc1ccc2[nH]cc(C(Nc3cccnc3)c3ccccn3)c2c1. The van der Waals surface area contributed by atoms with Crippen molar-refractivity contribution in [2.24, 2.45) is 0 Å². The molecule has 0 aliphatic carbocycles. The maximum absolute atomic E-state index is 5.39. The van der Waals surface area contributed by atoms with E-state index >= 15 is 0 Å². The average Bonchev–Trinajstić information content (AvgIpc) is 3.10. The molecule has 0 aliphatic heterocycles. The van der Waals surface area contributed by atoms with Crippen LogP contribution in [0, 0.1) is 0 Å². The summed E-state index contributed by atoms with van der Waals surface area (Å²) in [6.45, 7) is 0. The second kappa shape index (κ2) is 6.65. The molecule has 0 bridgehead atoms. The lowest BCUT2D eigenvalue weighted by Crippen LogP contribution is -2.13. The number of rotatable bonds is 5. The molecular weight excluding hydrogens is 312 g/mol. The van der Waals surface area contributed by atoms with Gasteiger partial charge in [-0.2, -0.15) is 0 Å².